The number of benzene rings is 3. The lowest BCUT2D eigenvalue weighted by atomic mass is 9.98. The van der Waals surface area contributed by atoms with Crippen LogP contribution in [0.1, 0.15) is 40.1 Å². The van der Waals surface area contributed by atoms with Crippen LogP contribution < -0.4 is 4.74 Å². The molecule has 6 nitrogen and oxygen atoms in total. The molecule has 1 unspecified atom stereocenters. The van der Waals surface area contributed by atoms with Gasteiger partial charge >= 0.3 is 0 Å². The second-order valence-electron chi connectivity index (χ2n) is 8.81. The molecule has 4 aromatic rings. The largest absolute Gasteiger partial charge is 0.489 e. The minimum absolute atomic E-state index is 0.298. The molecule has 194 valence electrons. The molecule has 10 heteroatoms. The Bertz CT molecular complexity index is 1710. The minimum Gasteiger partial charge on any atom is -0.489 e. The van der Waals surface area contributed by atoms with Crippen LogP contribution in [0.4, 0.5) is 8.78 Å². The first-order valence-electron chi connectivity index (χ1n) is 11.6. The lowest BCUT2D eigenvalue weighted by Gasteiger charge is -2.25. The van der Waals surface area contributed by atoms with Crippen molar-refractivity contribution in [3.8, 4) is 5.75 Å². The van der Waals surface area contributed by atoms with E-state index >= 15 is 0 Å². The van der Waals surface area contributed by atoms with Gasteiger partial charge in [0.05, 0.1) is 22.7 Å². The van der Waals surface area contributed by atoms with Crippen molar-refractivity contribution in [2.24, 2.45) is 0 Å². The molecule has 0 aliphatic carbocycles. The zero-order valence-corrected chi connectivity index (χ0v) is 22.0. The molecule has 0 saturated carbocycles. The van der Waals surface area contributed by atoms with Gasteiger partial charge in [0.2, 0.25) is 15.9 Å². The van der Waals surface area contributed by atoms with Crippen molar-refractivity contribution in [2.45, 2.75) is 18.8 Å². The van der Waals surface area contributed by atoms with Gasteiger partial charge in [-0.05, 0) is 59.0 Å². The van der Waals surface area contributed by atoms with Crippen LogP contribution >= 0.6 is 11.9 Å². The van der Waals surface area contributed by atoms with E-state index in [-0.39, 0.29) is 0 Å². The highest BCUT2D eigenvalue weighted by Crippen LogP contribution is 2.46. The fourth-order valence-corrected chi connectivity index (χ4v) is 6.59. The molecule has 1 aliphatic rings. The molecule has 1 aromatic heterocycles. The smallest absolute Gasteiger partial charge is 0.244 e. The summed E-state index contributed by atoms with van der Waals surface area (Å²) >= 11 is 0.920. The lowest BCUT2D eigenvalue weighted by molar-refractivity contribution is -0.120. The van der Waals surface area contributed by atoms with E-state index in [9.17, 15) is 22.0 Å². The minimum atomic E-state index is -3.83. The second-order valence-corrected chi connectivity index (χ2v) is 11.9. The summed E-state index contributed by atoms with van der Waals surface area (Å²) in [5.74, 6) is -1.91. The number of nitrogens with zero attached hydrogens (tertiary/aromatic N) is 2. The zero-order valence-electron chi connectivity index (χ0n) is 20.4. The number of amides is 1. The van der Waals surface area contributed by atoms with Gasteiger partial charge in [-0.3, -0.25) is 4.79 Å². The number of carbonyl (C=O) groups is 1. The van der Waals surface area contributed by atoms with Crippen molar-refractivity contribution in [1.29, 1.82) is 0 Å². The number of hydrogen-bond donors (Lipinski definition) is 0. The molecular formula is C28H22F2N2O4S2. The van der Waals surface area contributed by atoms with Gasteiger partial charge in [-0.25, -0.2) is 22.2 Å². The lowest BCUT2D eigenvalue weighted by Crippen LogP contribution is -2.29. The van der Waals surface area contributed by atoms with E-state index in [1.165, 1.54) is 6.92 Å². The molecule has 3 aromatic carbocycles. The van der Waals surface area contributed by atoms with Crippen molar-refractivity contribution < 1.29 is 26.7 Å². The predicted molar refractivity (Wildman–Crippen MR) is 145 cm³/mol. The first-order chi connectivity index (χ1) is 18.1. The van der Waals surface area contributed by atoms with Crippen LogP contribution in [0.5, 0.6) is 5.75 Å². The molecule has 0 N–H and O–H groups in total. The maximum atomic E-state index is 13.7. The van der Waals surface area contributed by atoms with Crippen molar-refractivity contribution in [2.75, 3.05) is 6.26 Å². The predicted octanol–water partition coefficient (Wildman–Crippen LogP) is 6.12. The van der Waals surface area contributed by atoms with Crippen LogP contribution in [0.25, 0.3) is 23.1 Å². The van der Waals surface area contributed by atoms with Crippen molar-refractivity contribution in [1.82, 2.24) is 8.69 Å². The summed E-state index contributed by atoms with van der Waals surface area (Å²) < 4.78 is 58.8. The van der Waals surface area contributed by atoms with E-state index in [0.29, 0.717) is 34.5 Å². The first kappa shape index (κ1) is 25.9. The SMILES string of the molecule is CC(=O)N(SC1c2ccccc2COc2ccc(C=Cc3ccc4cc(F)c(F)cc4n3)cc21)S(C)(=O)=O. The topological polar surface area (TPSA) is 76.6 Å². The second kappa shape index (κ2) is 10.2. The molecule has 0 saturated heterocycles. The molecule has 0 fully saturated rings. The molecule has 38 heavy (non-hydrogen) atoms. The summed E-state index contributed by atoms with van der Waals surface area (Å²) in [7, 11) is -3.83. The Labute approximate surface area is 223 Å². The number of rotatable bonds is 5. The first-order valence-corrected chi connectivity index (χ1v) is 14.2. The van der Waals surface area contributed by atoms with E-state index < -0.39 is 32.8 Å². The number of fused-ring (bicyclic) bond motifs is 3. The maximum Gasteiger partial charge on any atom is 0.244 e. The molecule has 0 spiro atoms. The summed E-state index contributed by atoms with van der Waals surface area (Å²) in [5, 5.41) is -0.0463. The normalized spacial score (nSPS) is 15.0. The standard InChI is InChI=1S/C28H22F2N2O4S2/c1-17(33)32(38(2,34)35)37-28-22-6-4-3-5-20(22)16-36-27-12-8-18(13-23(27)28)7-10-21-11-9-19-14-24(29)25(30)15-26(19)31-21/h3-15,28H,16H2,1-2H3. The quantitative estimate of drug-likeness (QED) is 0.278. The van der Waals surface area contributed by atoms with E-state index in [2.05, 4.69) is 4.98 Å². The van der Waals surface area contributed by atoms with Gasteiger partial charge in [-0.2, -0.15) is 3.71 Å². The summed E-state index contributed by atoms with van der Waals surface area (Å²) in [4.78, 5) is 16.7. The Hall–Kier alpha value is -3.76. The molecule has 5 rings (SSSR count). The van der Waals surface area contributed by atoms with E-state index in [0.717, 1.165) is 50.7 Å². The summed E-state index contributed by atoms with van der Waals surface area (Å²) in [5.41, 5.74) is 4.10. The molecule has 2 heterocycles. The van der Waals surface area contributed by atoms with Gasteiger partial charge in [0.1, 0.15) is 12.4 Å². The third-order valence-electron chi connectivity index (χ3n) is 6.00. The van der Waals surface area contributed by atoms with E-state index in [1.807, 2.05) is 42.5 Å². The average molecular weight is 553 g/mol. The maximum absolute atomic E-state index is 13.7. The highest BCUT2D eigenvalue weighted by Gasteiger charge is 2.32. The Morgan fingerprint density at radius 2 is 1.79 bits per heavy atom. The fourth-order valence-electron chi connectivity index (χ4n) is 4.25. The fraction of sp³-hybridized carbons (Fsp3) is 0.143. The summed E-state index contributed by atoms with van der Waals surface area (Å²) in [6.45, 7) is 1.51. The van der Waals surface area contributed by atoms with Crippen molar-refractivity contribution in [3.63, 3.8) is 0 Å². The Morgan fingerprint density at radius 1 is 1.03 bits per heavy atom. The van der Waals surface area contributed by atoms with Gasteiger partial charge in [0, 0.05) is 23.9 Å². The third-order valence-corrected chi connectivity index (χ3v) is 9.09. The van der Waals surface area contributed by atoms with Crippen LogP contribution in [-0.2, 0) is 21.4 Å². The molecule has 0 bridgehead atoms. The van der Waals surface area contributed by atoms with Crippen LogP contribution in [0.2, 0.25) is 0 Å². The van der Waals surface area contributed by atoms with Gasteiger partial charge in [-0.15, -0.1) is 0 Å². The molecule has 1 atom stereocenters. The van der Waals surface area contributed by atoms with Crippen LogP contribution in [0.15, 0.2) is 66.7 Å². The van der Waals surface area contributed by atoms with Gasteiger partial charge in [0.25, 0.3) is 0 Å². The summed E-state index contributed by atoms with van der Waals surface area (Å²) in [6, 6.07) is 18.6. The van der Waals surface area contributed by atoms with Crippen LogP contribution in [0.3, 0.4) is 0 Å². The van der Waals surface area contributed by atoms with Gasteiger partial charge in [-0.1, -0.05) is 42.5 Å². The number of halogens is 2. The van der Waals surface area contributed by atoms with E-state index in [1.54, 1.807) is 24.3 Å². The number of carbonyl (C=O) groups excluding carboxylic acids is 1. The van der Waals surface area contributed by atoms with Crippen molar-refractivity contribution >= 4 is 50.9 Å². The Balaban J connectivity index is 1.54. The highest BCUT2D eigenvalue weighted by molar-refractivity contribution is 8.09. The van der Waals surface area contributed by atoms with Gasteiger partial charge < -0.3 is 4.74 Å². The number of hydrogen-bond acceptors (Lipinski definition) is 6. The number of aromatic nitrogens is 1. The number of ether oxygens (including phenoxy) is 1. The van der Waals surface area contributed by atoms with E-state index in [4.69, 9.17) is 4.74 Å². The number of sulfonamides is 1. The van der Waals surface area contributed by atoms with Crippen LogP contribution in [-0.4, -0.2) is 29.3 Å². The number of pyridine rings is 1. The third kappa shape index (κ3) is 5.27. The molecule has 1 aliphatic heterocycles. The average Bonchev–Trinajstić information content (AvgIpc) is 3.02. The van der Waals surface area contributed by atoms with Crippen molar-refractivity contribution in [3.05, 3.63) is 106 Å². The highest BCUT2D eigenvalue weighted by atomic mass is 32.3. The van der Waals surface area contributed by atoms with Gasteiger partial charge in [0.15, 0.2) is 11.6 Å². The Morgan fingerprint density at radius 3 is 2.55 bits per heavy atom. The Kier molecular flexibility index (Phi) is 6.93. The summed E-state index contributed by atoms with van der Waals surface area (Å²) in [6.07, 6.45) is 4.55. The molecular weight excluding hydrogens is 530 g/mol. The zero-order chi connectivity index (χ0) is 27.0. The molecule has 1 amide bonds. The monoisotopic (exact) mass is 552 g/mol. The molecule has 0 radical (unpaired) electrons. The van der Waals surface area contributed by atoms with Crippen LogP contribution in [0, 0.1) is 11.6 Å².